The average molecular weight is 330 g/mol. The summed E-state index contributed by atoms with van der Waals surface area (Å²) < 4.78 is 30.6. The van der Waals surface area contributed by atoms with Gasteiger partial charge in [-0.25, -0.2) is 9.37 Å². The summed E-state index contributed by atoms with van der Waals surface area (Å²) in [7, 11) is -0.540. The molecule has 0 N–H and O–H groups in total. The van der Waals surface area contributed by atoms with Crippen molar-refractivity contribution in [2.75, 3.05) is 6.61 Å². The first-order chi connectivity index (χ1) is 9.91. The molecule has 2 heterocycles. The molecule has 7 heteroatoms. The zero-order valence-electron chi connectivity index (χ0n) is 13.9. The van der Waals surface area contributed by atoms with E-state index in [9.17, 15) is 4.39 Å². The number of halogens is 2. The maximum Gasteiger partial charge on any atom is 0.496 e. The predicted molar refractivity (Wildman–Crippen MR) is 85.6 cm³/mol. The molecular weight excluding hydrogens is 307 g/mol. The fourth-order valence-electron chi connectivity index (χ4n) is 1.89. The van der Waals surface area contributed by atoms with Gasteiger partial charge in [0, 0.05) is 11.7 Å². The molecule has 0 bridgehead atoms. The Morgan fingerprint density at radius 1 is 1.27 bits per heavy atom. The van der Waals surface area contributed by atoms with E-state index in [0.717, 1.165) is 0 Å². The largest absolute Gasteiger partial charge is 0.496 e. The molecule has 0 spiro atoms. The van der Waals surface area contributed by atoms with Crippen molar-refractivity contribution in [2.45, 2.75) is 58.4 Å². The van der Waals surface area contributed by atoms with Crippen LogP contribution in [0.4, 0.5) is 4.39 Å². The molecule has 1 saturated heterocycles. The lowest BCUT2D eigenvalue weighted by molar-refractivity contribution is 0.00578. The van der Waals surface area contributed by atoms with Crippen molar-refractivity contribution in [3.63, 3.8) is 0 Å². The summed E-state index contributed by atoms with van der Waals surface area (Å²) in [6, 6.07) is 1.68. The van der Waals surface area contributed by atoms with E-state index >= 15 is 0 Å². The molecule has 122 valence electrons. The Labute approximate surface area is 136 Å². The van der Waals surface area contributed by atoms with Gasteiger partial charge in [-0.2, -0.15) is 0 Å². The van der Waals surface area contributed by atoms with Crippen LogP contribution in [0.3, 0.4) is 0 Å². The second-order valence-electron chi connectivity index (χ2n) is 7.15. The van der Waals surface area contributed by atoms with E-state index in [-0.39, 0.29) is 12.5 Å². The van der Waals surface area contributed by atoms with Crippen LogP contribution in [0.5, 0.6) is 5.88 Å². The van der Waals surface area contributed by atoms with Crippen LogP contribution in [0.2, 0.25) is 5.02 Å². The van der Waals surface area contributed by atoms with E-state index in [1.54, 1.807) is 12.3 Å². The third-order valence-corrected chi connectivity index (χ3v) is 4.18. The van der Waals surface area contributed by atoms with Gasteiger partial charge in [0.1, 0.15) is 17.3 Å². The molecule has 0 saturated carbocycles. The molecule has 1 aromatic heterocycles. The second kappa shape index (κ2) is 5.66. The second-order valence-corrected chi connectivity index (χ2v) is 7.56. The highest BCUT2D eigenvalue weighted by atomic mass is 35.5. The number of rotatable bonds is 4. The Bertz CT molecular complexity index is 544. The van der Waals surface area contributed by atoms with Crippen LogP contribution < -0.4 is 10.2 Å². The zero-order valence-corrected chi connectivity index (χ0v) is 14.6. The SMILES string of the molecule is CC(C)(F)COc1ncc(B2OC(C)(C)C(C)(C)O2)cc1Cl. The number of hydrogen-bond donors (Lipinski definition) is 0. The Balaban J connectivity index is 2.14. The van der Waals surface area contributed by atoms with Crippen molar-refractivity contribution in [3.05, 3.63) is 17.3 Å². The third-order valence-electron chi connectivity index (χ3n) is 3.91. The molecule has 0 aliphatic carbocycles. The van der Waals surface area contributed by atoms with Crippen LogP contribution in [0, 0.1) is 0 Å². The van der Waals surface area contributed by atoms with Crippen LogP contribution in [-0.4, -0.2) is 35.6 Å². The minimum absolute atomic E-state index is 0.116. The van der Waals surface area contributed by atoms with Crippen LogP contribution in [0.1, 0.15) is 41.5 Å². The monoisotopic (exact) mass is 329 g/mol. The zero-order chi connectivity index (χ0) is 16.8. The van der Waals surface area contributed by atoms with Crippen molar-refractivity contribution in [2.24, 2.45) is 0 Å². The van der Waals surface area contributed by atoms with Crippen molar-refractivity contribution < 1.29 is 18.4 Å². The summed E-state index contributed by atoms with van der Waals surface area (Å²) in [5.74, 6) is 0.202. The standard InChI is InChI=1S/C15H22BClFNO3/c1-13(2,18)9-20-12-11(17)7-10(8-19-12)16-21-14(3,4)15(5,6)22-16/h7-8H,9H2,1-6H3. The normalized spacial score (nSPS) is 20.3. The first-order valence-electron chi connectivity index (χ1n) is 7.24. The lowest BCUT2D eigenvalue weighted by atomic mass is 9.80. The molecular formula is C15H22BClFNO3. The van der Waals surface area contributed by atoms with Gasteiger partial charge < -0.3 is 14.0 Å². The van der Waals surface area contributed by atoms with Crippen LogP contribution >= 0.6 is 11.6 Å². The fourth-order valence-corrected chi connectivity index (χ4v) is 2.12. The van der Waals surface area contributed by atoms with Gasteiger partial charge in [-0.15, -0.1) is 0 Å². The van der Waals surface area contributed by atoms with Gasteiger partial charge in [-0.05, 0) is 47.6 Å². The molecule has 22 heavy (non-hydrogen) atoms. The minimum atomic E-state index is -1.45. The Hall–Kier alpha value is -0.845. The lowest BCUT2D eigenvalue weighted by Gasteiger charge is -2.32. The van der Waals surface area contributed by atoms with Crippen LogP contribution in [0.15, 0.2) is 12.3 Å². The molecule has 1 aromatic rings. The van der Waals surface area contributed by atoms with Crippen LogP contribution in [-0.2, 0) is 9.31 Å². The summed E-state index contributed by atoms with van der Waals surface area (Å²) in [5.41, 5.74) is -1.61. The Kier molecular flexibility index (Phi) is 4.50. The van der Waals surface area contributed by atoms with Gasteiger partial charge in [-0.3, -0.25) is 0 Å². The smallest absolute Gasteiger partial charge is 0.473 e. The van der Waals surface area contributed by atoms with Crippen LogP contribution in [0.25, 0.3) is 0 Å². The summed E-state index contributed by atoms with van der Waals surface area (Å²) in [6.07, 6.45) is 1.58. The van der Waals surface area contributed by atoms with E-state index in [1.807, 2.05) is 27.7 Å². The van der Waals surface area contributed by atoms with Gasteiger partial charge in [0.2, 0.25) is 5.88 Å². The summed E-state index contributed by atoms with van der Waals surface area (Å²) in [4.78, 5) is 4.14. The van der Waals surface area contributed by atoms with E-state index < -0.39 is 24.0 Å². The maximum atomic E-state index is 13.5. The first-order valence-corrected chi connectivity index (χ1v) is 7.62. The van der Waals surface area contributed by atoms with Crippen molar-refractivity contribution in [1.82, 2.24) is 4.98 Å². The summed E-state index contributed by atoms with van der Waals surface area (Å²) in [5, 5.41) is 0.302. The minimum Gasteiger partial charge on any atom is -0.473 e. The van der Waals surface area contributed by atoms with Gasteiger partial charge >= 0.3 is 7.12 Å². The highest BCUT2D eigenvalue weighted by Crippen LogP contribution is 2.36. The molecule has 1 fully saturated rings. The lowest BCUT2D eigenvalue weighted by Crippen LogP contribution is -2.41. The molecule has 0 aromatic carbocycles. The number of aromatic nitrogens is 1. The predicted octanol–water partition coefficient (Wildman–Crippen LogP) is 3.16. The third kappa shape index (κ3) is 3.73. The molecule has 4 nitrogen and oxygen atoms in total. The number of ether oxygens (including phenoxy) is 1. The highest BCUT2D eigenvalue weighted by Gasteiger charge is 2.51. The van der Waals surface area contributed by atoms with E-state index in [2.05, 4.69) is 4.98 Å². The van der Waals surface area contributed by atoms with E-state index in [4.69, 9.17) is 25.6 Å². The summed E-state index contributed by atoms with van der Waals surface area (Å²) in [6.45, 7) is 10.6. The van der Waals surface area contributed by atoms with Gasteiger partial charge in [0.15, 0.2) is 0 Å². The fraction of sp³-hybridized carbons (Fsp3) is 0.667. The Morgan fingerprint density at radius 2 is 1.82 bits per heavy atom. The molecule has 1 aliphatic heterocycles. The molecule has 0 unspecified atom stereocenters. The van der Waals surface area contributed by atoms with Crippen molar-refractivity contribution in [3.8, 4) is 5.88 Å². The molecule has 2 rings (SSSR count). The highest BCUT2D eigenvalue weighted by molar-refractivity contribution is 6.62. The molecule has 0 atom stereocenters. The first kappa shape index (κ1) is 17.5. The summed E-state index contributed by atoms with van der Waals surface area (Å²) >= 11 is 6.16. The number of alkyl halides is 1. The topological polar surface area (TPSA) is 40.6 Å². The van der Waals surface area contributed by atoms with Crippen molar-refractivity contribution in [1.29, 1.82) is 0 Å². The maximum absolute atomic E-state index is 13.5. The number of pyridine rings is 1. The Morgan fingerprint density at radius 3 is 2.27 bits per heavy atom. The average Bonchev–Trinajstić information content (AvgIpc) is 2.56. The molecule has 1 aliphatic rings. The van der Waals surface area contributed by atoms with Gasteiger partial charge in [0.05, 0.1) is 11.2 Å². The van der Waals surface area contributed by atoms with Crippen molar-refractivity contribution >= 4 is 24.2 Å². The molecule has 0 amide bonds. The molecule has 0 radical (unpaired) electrons. The quantitative estimate of drug-likeness (QED) is 0.796. The van der Waals surface area contributed by atoms with E-state index in [1.165, 1.54) is 13.8 Å². The van der Waals surface area contributed by atoms with Gasteiger partial charge in [0.25, 0.3) is 0 Å². The van der Waals surface area contributed by atoms with Gasteiger partial charge in [-0.1, -0.05) is 11.6 Å². The number of nitrogens with zero attached hydrogens (tertiary/aromatic N) is 1. The van der Waals surface area contributed by atoms with E-state index in [0.29, 0.717) is 10.5 Å². The number of hydrogen-bond acceptors (Lipinski definition) is 4.